The zero-order chi connectivity index (χ0) is 31.4. The molecule has 0 radical (unpaired) electrons. The number of anilines is 1. The van der Waals surface area contributed by atoms with Gasteiger partial charge in [0, 0.05) is 30.9 Å². The summed E-state index contributed by atoms with van der Waals surface area (Å²) in [6.45, 7) is 23.3. The van der Waals surface area contributed by atoms with E-state index in [1.807, 2.05) is 20.8 Å². The van der Waals surface area contributed by atoms with Crippen molar-refractivity contribution in [3.05, 3.63) is 36.9 Å². The molecular formula is C34H53BIN3O5. The quantitative estimate of drug-likeness (QED) is 0.216. The predicted molar refractivity (Wildman–Crippen MR) is 187 cm³/mol. The van der Waals surface area contributed by atoms with Gasteiger partial charge in [-0.25, -0.2) is 4.79 Å². The number of fused-ring (bicyclic) bond motifs is 2. The molecule has 1 saturated carbocycles. The molecule has 2 amide bonds. The number of carbonyl (C=O) groups is 2. The minimum atomic E-state index is -0.613. The van der Waals surface area contributed by atoms with E-state index in [2.05, 4.69) is 68.9 Å². The summed E-state index contributed by atoms with van der Waals surface area (Å²) >= 11 is 0. The lowest BCUT2D eigenvalue weighted by Gasteiger charge is -2.48. The minimum absolute atomic E-state index is 0. The fourth-order valence-electron chi connectivity index (χ4n) is 7.33. The van der Waals surface area contributed by atoms with Crippen LogP contribution < -0.4 is 10.4 Å². The van der Waals surface area contributed by atoms with Crippen molar-refractivity contribution >= 4 is 54.2 Å². The maximum absolute atomic E-state index is 14.5. The molecule has 5 aliphatic rings. The maximum Gasteiger partial charge on any atom is 0.494 e. The first-order chi connectivity index (χ1) is 20.2. The first-order valence-corrected chi connectivity index (χ1v) is 16.3. The van der Waals surface area contributed by atoms with Crippen molar-refractivity contribution in [2.75, 3.05) is 31.1 Å². The Kier molecular flexibility index (Phi) is 10.3. The molecule has 1 aliphatic carbocycles. The molecule has 0 bridgehead atoms. The van der Waals surface area contributed by atoms with Crippen LogP contribution in [0, 0.1) is 0 Å². The first kappa shape index (κ1) is 35.2. The molecule has 0 aromatic heterocycles. The van der Waals surface area contributed by atoms with Crippen LogP contribution in [0.25, 0.3) is 0 Å². The molecular weight excluding hydrogens is 668 g/mol. The van der Waals surface area contributed by atoms with E-state index < -0.39 is 29.3 Å². The molecule has 0 N–H and O–H groups in total. The van der Waals surface area contributed by atoms with E-state index in [4.69, 9.17) is 14.0 Å². The van der Waals surface area contributed by atoms with Crippen molar-refractivity contribution < 1.29 is 23.6 Å². The molecule has 4 aliphatic heterocycles. The molecule has 4 heterocycles. The molecule has 6 rings (SSSR count). The Hall–Kier alpha value is -1.63. The number of benzene rings is 1. The lowest BCUT2D eigenvalue weighted by molar-refractivity contribution is -0.126. The van der Waals surface area contributed by atoms with E-state index in [-0.39, 0.29) is 42.0 Å². The fourth-order valence-corrected chi connectivity index (χ4v) is 7.33. The van der Waals surface area contributed by atoms with Crippen LogP contribution in [-0.2, 0) is 24.3 Å². The first-order valence-electron chi connectivity index (χ1n) is 16.3. The number of likely N-dealkylation sites (tertiary alicyclic amines) is 2. The van der Waals surface area contributed by atoms with Gasteiger partial charge in [-0.05, 0) is 117 Å². The van der Waals surface area contributed by atoms with Crippen LogP contribution in [0.15, 0.2) is 31.4 Å². The summed E-state index contributed by atoms with van der Waals surface area (Å²) in [6, 6.07) is 7.13. The van der Waals surface area contributed by atoms with Gasteiger partial charge in [-0.15, -0.1) is 37.1 Å². The average molecular weight is 722 g/mol. The van der Waals surface area contributed by atoms with E-state index in [1.54, 1.807) is 4.90 Å². The van der Waals surface area contributed by atoms with E-state index in [1.165, 1.54) is 32.4 Å². The van der Waals surface area contributed by atoms with Crippen molar-refractivity contribution in [1.82, 2.24) is 9.80 Å². The topological polar surface area (TPSA) is 71.6 Å². The molecule has 1 aromatic carbocycles. The minimum Gasteiger partial charge on any atom is -0.444 e. The van der Waals surface area contributed by atoms with Gasteiger partial charge in [0.25, 0.3) is 0 Å². The van der Waals surface area contributed by atoms with Gasteiger partial charge in [-0.1, -0.05) is 18.6 Å². The van der Waals surface area contributed by atoms with Gasteiger partial charge in [-0.3, -0.25) is 4.79 Å². The Balaban J connectivity index is 0.00000144. The average Bonchev–Trinajstić information content (AvgIpc) is 3.29. The number of nitrogens with zero attached hydrogens (tertiary/aromatic N) is 3. The molecule has 8 nitrogen and oxygen atoms in total. The van der Waals surface area contributed by atoms with E-state index >= 15 is 0 Å². The summed E-state index contributed by atoms with van der Waals surface area (Å²) in [6.07, 6.45) is 6.84. The van der Waals surface area contributed by atoms with Gasteiger partial charge >= 0.3 is 13.2 Å². The summed E-state index contributed by atoms with van der Waals surface area (Å²) in [5, 5.41) is 0. The zero-order valence-corrected chi connectivity index (χ0v) is 30.3. The van der Waals surface area contributed by atoms with Crippen LogP contribution in [0.2, 0.25) is 0 Å². The summed E-state index contributed by atoms with van der Waals surface area (Å²) in [5.41, 5.74) is 1.03. The molecule has 4 fully saturated rings. The Morgan fingerprint density at radius 2 is 1.50 bits per heavy atom. The highest BCUT2D eigenvalue weighted by Gasteiger charge is 2.57. The van der Waals surface area contributed by atoms with Crippen molar-refractivity contribution in [2.45, 2.75) is 128 Å². The van der Waals surface area contributed by atoms with Gasteiger partial charge in [-0.2, -0.15) is 0 Å². The van der Waals surface area contributed by atoms with Crippen LogP contribution in [0.4, 0.5) is 10.5 Å². The number of rotatable bonds is 3. The van der Waals surface area contributed by atoms with Crippen LogP contribution >= 0.6 is 24.0 Å². The van der Waals surface area contributed by atoms with Gasteiger partial charge in [0.15, 0.2) is 0 Å². The molecule has 10 heteroatoms. The lowest BCUT2D eigenvalue weighted by Crippen LogP contribution is -2.58. The molecule has 3 saturated heterocycles. The summed E-state index contributed by atoms with van der Waals surface area (Å²) in [7, 11) is -0.477. The number of piperidine rings is 2. The largest absolute Gasteiger partial charge is 0.494 e. The summed E-state index contributed by atoms with van der Waals surface area (Å²) < 4.78 is 18.4. The number of ether oxygens (including phenoxy) is 1. The van der Waals surface area contributed by atoms with Crippen molar-refractivity contribution in [1.29, 1.82) is 0 Å². The third-order valence-corrected chi connectivity index (χ3v) is 10.6. The highest BCUT2D eigenvalue weighted by molar-refractivity contribution is 14.0. The van der Waals surface area contributed by atoms with Crippen LogP contribution in [0.1, 0.15) is 99.0 Å². The van der Waals surface area contributed by atoms with Crippen LogP contribution in [0.5, 0.6) is 0 Å². The molecule has 244 valence electrons. The third kappa shape index (κ3) is 6.34. The molecule has 0 unspecified atom stereocenters. The number of hydrogen-bond donors (Lipinski definition) is 0. The Labute approximate surface area is 282 Å². The van der Waals surface area contributed by atoms with Crippen LogP contribution in [0.3, 0.4) is 0 Å². The number of carbonyl (C=O) groups excluding carboxylic acids is 2. The van der Waals surface area contributed by atoms with E-state index in [0.29, 0.717) is 32.0 Å². The summed E-state index contributed by atoms with van der Waals surface area (Å²) in [5.74, 6) is 0.199. The Bertz CT molecular complexity index is 1200. The molecule has 0 atom stereocenters. The Morgan fingerprint density at radius 1 is 0.932 bits per heavy atom. The molecule has 1 aromatic rings. The molecule has 44 heavy (non-hydrogen) atoms. The second kappa shape index (κ2) is 12.9. The fraction of sp³-hybridized carbons (Fsp3) is 0.706. The SMILES string of the molecule is C=C.CC(C)(C)OC(=O)N1CCC2(CC1)C(=O)N(C1CC(N3CCCCC3)C1)c1cc(B3OC(C)(C)C(C)(C)O3)ccc12.I. The lowest BCUT2D eigenvalue weighted by atomic mass is 9.71. The Morgan fingerprint density at radius 3 is 2.05 bits per heavy atom. The summed E-state index contributed by atoms with van der Waals surface area (Å²) in [4.78, 5) is 33.9. The normalized spacial score (nSPS) is 27.2. The van der Waals surface area contributed by atoms with E-state index in [9.17, 15) is 9.59 Å². The van der Waals surface area contributed by atoms with Gasteiger partial charge in [0.2, 0.25) is 5.91 Å². The van der Waals surface area contributed by atoms with Crippen molar-refractivity contribution in [3.8, 4) is 0 Å². The predicted octanol–water partition coefficient (Wildman–Crippen LogP) is 6.04. The second-order valence-electron chi connectivity index (χ2n) is 15.0. The van der Waals surface area contributed by atoms with Gasteiger partial charge in [0.05, 0.1) is 16.6 Å². The van der Waals surface area contributed by atoms with Gasteiger partial charge in [0.1, 0.15) is 5.60 Å². The van der Waals surface area contributed by atoms with Crippen molar-refractivity contribution in [2.24, 2.45) is 0 Å². The highest BCUT2D eigenvalue weighted by Crippen LogP contribution is 2.51. The van der Waals surface area contributed by atoms with Crippen molar-refractivity contribution in [3.63, 3.8) is 0 Å². The van der Waals surface area contributed by atoms with Crippen LogP contribution in [-0.4, -0.2) is 84.0 Å². The monoisotopic (exact) mass is 721 g/mol. The smallest absolute Gasteiger partial charge is 0.444 e. The highest BCUT2D eigenvalue weighted by atomic mass is 127. The third-order valence-electron chi connectivity index (χ3n) is 10.6. The number of amides is 2. The second-order valence-corrected chi connectivity index (χ2v) is 15.0. The van der Waals surface area contributed by atoms with E-state index in [0.717, 1.165) is 29.6 Å². The maximum atomic E-state index is 14.5. The van der Waals surface area contributed by atoms with Gasteiger partial charge < -0.3 is 28.7 Å². The standard InChI is InChI=1S/C32H48BN3O5.C2H4.HI/c1-29(2,3)39-28(38)35-17-13-32(14-18-35)25-12-11-22(33-40-30(4,5)31(6,7)41-33)19-26(25)36(27(32)37)24-20-23(21-24)34-15-9-8-10-16-34;1-2;/h11-12,19,23-24H,8-10,13-18,20-21H2,1-7H3;1-2H2;1H. The molecule has 1 spiro atoms. The zero-order valence-electron chi connectivity index (χ0n) is 27.9. The number of hydrogen-bond acceptors (Lipinski definition) is 6. The number of halogens is 1.